The molecule has 1 aromatic rings. The van der Waals surface area contributed by atoms with Gasteiger partial charge in [0.1, 0.15) is 0 Å². The van der Waals surface area contributed by atoms with Crippen LogP contribution >= 0.6 is 0 Å². The van der Waals surface area contributed by atoms with Crippen molar-refractivity contribution in [2.24, 2.45) is 0 Å². The zero-order valence-corrected chi connectivity index (χ0v) is 12.3. The third-order valence-electron chi connectivity index (χ3n) is 4.11. The molecule has 0 aromatic carbocycles. The number of amides is 1. The Morgan fingerprint density at radius 2 is 2.14 bits per heavy atom. The van der Waals surface area contributed by atoms with Crippen molar-refractivity contribution in [1.29, 1.82) is 0 Å². The zero-order chi connectivity index (χ0) is 15.9. The van der Waals surface area contributed by atoms with E-state index in [1.54, 1.807) is 13.1 Å². The maximum Gasteiger partial charge on any atom is 0.416 e. The van der Waals surface area contributed by atoms with Crippen LogP contribution in [0.2, 0.25) is 0 Å². The number of rotatable bonds is 1. The number of imidazole rings is 1. The second kappa shape index (κ2) is 5.57. The lowest BCUT2D eigenvalue weighted by Gasteiger charge is -2.37. The number of nitrogens with zero attached hydrogens (tertiary/aromatic N) is 3. The largest absolute Gasteiger partial charge is 0.416 e. The van der Waals surface area contributed by atoms with Gasteiger partial charge in [-0.05, 0) is 26.2 Å². The first kappa shape index (κ1) is 15.3. The van der Waals surface area contributed by atoms with Crippen molar-refractivity contribution in [1.82, 2.24) is 14.5 Å². The third kappa shape index (κ3) is 2.84. The highest BCUT2D eigenvalue weighted by atomic mass is 19.4. The molecule has 22 heavy (non-hydrogen) atoms. The molecule has 3 rings (SSSR count). The van der Waals surface area contributed by atoms with Crippen molar-refractivity contribution in [2.45, 2.75) is 51.1 Å². The van der Waals surface area contributed by atoms with Gasteiger partial charge in [0.25, 0.3) is 5.91 Å². The average molecular weight is 317 g/mol. The lowest BCUT2D eigenvalue weighted by molar-refractivity contribution is -0.247. The SMILES string of the molecule is CC1CN(C(=O)c2ncc3n2CCCC3)CC(C(F)(F)F)O1. The number of fused-ring (bicyclic) bond motifs is 1. The molecular weight excluding hydrogens is 299 g/mol. The zero-order valence-electron chi connectivity index (χ0n) is 12.3. The van der Waals surface area contributed by atoms with Gasteiger partial charge in [0.05, 0.1) is 12.6 Å². The van der Waals surface area contributed by atoms with Gasteiger partial charge >= 0.3 is 6.18 Å². The third-order valence-corrected chi connectivity index (χ3v) is 4.11. The summed E-state index contributed by atoms with van der Waals surface area (Å²) in [7, 11) is 0. The van der Waals surface area contributed by atoms with E-state index in [1.807, 2.05) is 4.57 Å². The fourth-order valence-corrected chi connectivity index (χ4v) is 3.05. The minimum Gasteiger partial charge on any atom is -0.362 e. The second-order valence-electron chi connectivity index (χ2n) is 5.87. The summed E-state index contributed by atoms with van der Waals surface area (Å²) in [6, 6.07) is 0. The molecule has 5 nitrogen and oxygen atoms in total. The molecular formula is C14H18F3N3O2. The average Bonchev–Trinajstić information content (AvgIpc) is 2.89. The van der Waals surface area contributed by atoms with Crippen LogP contribution in [0.25, 0.3) is 0 Å². The lowest BCUT2D eigenvalue weighted by Crippen LogP contribution is -2.54. The normalized spacial score (nSPS) is 25.9. The molecule has 0 aliphatic carbocycles. The monoisotopic (exact) mass is 317 g/mol. The number of halogens is 3. The summed E-state index contributed by atoms with van der Waals surface area (Å²) in [6.07, 6.45) is -2.56. The van der Waals surface area contributed by atoms with E-state index in [0.717, 1.165) is 25.0 Å². The van der Waals surface area contributed by atoms with Gasteiger partial charge in [0.15, 0.2) is 11.9 Å². The first-order chi connectivity index (χ1) is 10.4. The predicted octanol–water partition coefficient (Wildman–Crippen LogP) is 2.01. The Morgan fingerprint density at radius 1 is 1.36 bits per heavy atom. The van der Waals surface area contributed by atoms with E-state index in [-0.39, 0.29) is 12.4 Å². The molecule has 0 spiro atoms. The summed E-state index contributed by atoms with van der Waals surface area (Å²) < 4.78 is 45.4. The number of morpholine rings is 1. The van der Waals surface area contributed by atoms with E-state index < -0.39 is 30.8 Å². The Bertz CT molecular complexity index is 570. The highest BCUT2D eigenvalue weighted by molar-refractivity contribution is 5.91. The molecule has 2 aliphatic rings. The van der Waals surface area contributed by atoms with Gasteiger partial charge in [-0.25, -0.2) is 4.98 Å². The standard InChI is InChI=1S/C14H18F3N3O2/c1-9-7-19(8-11(22-9)14(15,16)17)13(21)12-18-6-10-4-2-3-5-20(10)12/h6,9,11H,2-5,7-8H2,1H3. The van der Waals surface area contributed by atoms with Gasteiger partial charge in [-0.15, -0.1) is 0 Å². The number of carbonyl (C=O) groups is 1. The Labute approximate surface area is 126 Å². The predicted molar refractivity (Wildman–Crippen MR) is 71.5 cm³/mol. The van der Waals surface area contributed by atoms with Crippen LogP contribution in [0.4, 0.5) is 13.2 Å². The van der Waals surface area contributed by atoms with Crippen molar-refractivity contribution >= 4 is 5.91 Å². The summed E-state index contributed by atoms with van der Waals surface area (Å²) >= 11 is 0. The summed E-state index contributed by atoms with van der Waals surface area (Å²) in [4.78, 5) is 17.9. The first-order valence-electron chi connectivity index (χ1n) is 7.42. The smallest absolute Gasteiger partial charge is 0.362 e. The van der Waals surface area contributed by atoms with Crippen LogP contribution in [0.5, 0.6) is 0 Å². The Morgan fingerprint density at radius 3 is 2.86 bits per heavy atom. The first-order valence-corrected chi connectivity index (χ1v) is 7.42. The summed E-state index contributed by atoms with van der Waals surface area (Å²) in [6.45, 7) is 1.90. The topological polar surface area (TPSA) is 47.4 Å². The number of ether oxygens (including phenoxy) is 1. The van der Waals surface area contributed by atoms with Crippen LogP contribution < -0.4 is 0 Å². The Balaban J connectivity index is 1.81. The van der Waals surface area contributed by atoms with E-state index >= 15 is 0 Å². The van der Waals surface area contributed by atoms with Crippen LogP contribution in [0.3, 0.4) is 0 Å². The molecule has 0 radical (unpaired) electrons. The summed E-state index contributed by atoms with van der Waals surface area (Å²) in [5.41, 5.74) is 0.975. The molecule has 122 valence electrons. The molecule has 2 unspecified atom stereocenters. The number of hydrogen-bond acceptors (Lipinski definition) is 3. The highest BCUT2D eigenvalue weighted by Gasteiger charge is 2.46. The van der Waals surface area contributed by atoms with Gasteiger partial charge in [0, 0.05) is 25.0 Å². The lowest BCUT2D eigenvalue weighted by atomic mass is 10.1. The van der Waals surface area contributed by atoms with Crippen LogP contribution in [-0.4, -0.2) is 51.8 Å². The molecule has 3 heterocycles. The van der Waals surface area contributed by atoms with Crippen LogP contribution in [-0.2, 0) is 17.7 Å². The summed E-state index contributed by atoms with van der Waals surface area (Å²) in [5, 5.41) is 0. The van der Waals surface area contributed by atoms with Crippen molar-refractivity contribution in [3.8, 4) is 0 Å². The molecule has 0 N–H and O–H groups in total. The van der Waals surface area contributed by atoms with Crippen LogP contribution in [0.15, 0.2) is 6.20 Å². The van der Waals surface area contributed by atoms with Gasteiger partial charge in [-0.1, -0.05) is 0 Å². The van der Waals surface area contributed by atoms with Crippen LogP contribution in [0.1, 0.15) is 36.1 Å². The van der Waals surface area contributed by atoms with E-state index in [2.05, 4.69) is 4.98 Å². The quantitative estimate of drug-likeness (QED) is 0.796. The molecule has 1 fully saturated rings. The number of aromatic nitrogens is 2. The minimum absolute atomic E-state index is 0.146. The van der Waals surface area contributed by atoms with Crippen molar-refractivity contribution in [3.63, 3.8) is 0 Å². The number of alkyl halides is 3. The number of hydrogen-bond donors (Lipinski definition) is 0. The Kier molecular flexibility index (Phi) is 3.88. The molecule has 2 atom stereocenters. The van der Waals surface area contributed by atoms with Crippen molar-refractivity contribution < 1.29 is 22.7 Å². The van der Waals surface area contributed by atoms with Gasteiger partial charge in [0.2, 0.25) is 0 Å². The minimum atomic E-state index is -4.47. The molecule has 8 heteroatoms. The van der Waals surface area contributed by atoms with Gasteiger partial charge in [-0.2, -0.15) is 13.2 Å². The molecule has 1 amide bonds. The fraction of sp³-hybridized carbons (Fsp3) is 0.714. The second-order valence-corrected chi connectivity index (χ2v) is 5.87. The molecule has 1 saturated heterocycles. The fourth-order valence-electron chi connectivity index (χ4n) is 3.05. The van der Waals surface area contributed by atoms with Gasteiger partial charge < -0.3 is 14.2 Å². The highest BCUT2D eigenvalue weighted by Crippen LogP contribution is 2.28. The van der Waals surface area contributed by atoms with Crippen LogP contribution in [0, 0.1) is 0 Å². The number of carbonyl (C=O) groups excluding carboxylic acids is 1. The van der Waals surface area contributed by atoms with Gasteiger partial charge in [-0.3, -0.25) is 4.79 Å². The molecule has 0 saturated carbocycles. The number of aryl methyl sites for hydroxylation is 1. The van der Waals surface area contributed by atoms with Crippen molar-refractivity contribution in [3.05, 3.63) is 17.7 Å². The maximum absolute atomic E-state index is 12.9. The Hall–Kier alpha value is -1.57. The molecule has 1 aromatic heterocycles. The van der Waals surface area contributed by atoms with E-state index in [4.69, 9.17) is 4.74 Å². The van der Waals surface area contributed by atoms with E-state index in [0.29, 0.717) is 6.54 Å². The summed E-state index contributed by atoms with van der Waals surface area (Å²) in [5.74, 6) is -0.206. The van der Waals surface area contributed by atoms with E-state index in [1.165, 1.54) is 4.90 Å². The van der Waals surface area contributed by atoms with Crippen molar-refractivity contribution in [2.75, 3.05) is 13.1 Å². The molecule has 0 bridgehead atoms. The van der Waals surface area contributed by atoms with E-state index in [9.17, 15) is 18.0 Å². The molecule has 2 aliphatic heterocycles. The maximum atomic E-state index is 12.9.